The SMILES string of the molecule is N=C1CNCS1. The van der Waals surface area contributed by atoms with E-state index in [9.17, 15) is 0 Å². The van der Waals surface area contributed by atoms with Crippen LogP contribution in [0.15, 0.2) is 0 Å². The van der Waals surface area contributed by atoms with Crippen LogP contribution in [0.4, 0.5) is 0 Å². The fraction of sp³-hybridized carbons (Fsp3) is 0.667. The molecule has 0 atom stereocenters. The van der Waals surface area contributed by atoms with Crippen molar-refractivity contribution in [1.82, 2.24) is 5.32 Å². The van der Waals surface area contributed by atoms with Crippen LogP contribution in [0.1, 0.15) is 0 Å². The van der Waals surface area contributed by atoms with Crippen molar-refractivity contribution in [2.45, 2.75) is 0 Å². The molecule has 0 radical (unpaired) electrons. The van der Waals surface area contributed by atoms with Gasteiger partial charge in [-0.2, -0.15) is 0 Å². The molecule has 0 aliphatic carbocycles. The van der Waals surface area contributed by atoms with E-state index in [2.05, 4.69) is 5.32 Å². The van der Waals surface area contributed by atoms with Crippen LogP contribution in [0.3, 0.4) is 0 Å². The summed E-state index contributed by atoms with van der Waals surface area (Å²) in [6.45, 7) is 0.782. The van der Waals surface area contributed by atoms with Gasteiger partial charge in [0, 0.05) is 12.4 Å². The maximum absolute atomic E-state index is 6.95. The van der Waals surface area contributed by atoms with E-state index in [1.165, 1.54) is 0 Å². The van der Waals surface area contributed by atoms with Crippen LogP contribution in [-0.4, -0.2) is 17.5 Å². The highest BCUT2D eigenvalue weighted by atomic mass is 32.2. The normalized spacial score (nSPS) is 22.3. The van der Waals surface area contributed by atoms with E-state index in [0.29, 0.717) is 0 Å². The molecule has 0 aromatic rings. The second kappa shape index (κ2) is 1.62. The van der Waals surface area contributed by atoms with Gasteiger partial charge in [0.05, 0.1) is 5.04 Å². The highest BCUT2D eigenvalue weighted by Gasteiger charge is 2.02. The summed E-state index contributed by atoms with van der Waals surface area (Å²) in [6.07, 6.45) is 0. The Morgan fingerprint density at radius 2 is 2.67 bits per heavy atom. The van der Waals surface area contributed by atoms with Crippen LogP contribution in [0, 0.1) is 5.41 Å². The van der Waals surface area contributed by atoms with E-state index in [-0.39, 0.29) is 0 Å². The predicted octanol–water partition coefficient (Wildman–Crippen LogP) is 0.258. The van der Waals surface area contributed by atoms with Crippen LogP contribution < -0.4 is 5.32 Å². The van der Waals surface area contributed by atoms with Crippen molar-refractivity contribution in [2.75, 3.05) is 12.4 Å². The van der Waals surface area contributed by atoms with Crippen LogP contribution in [-0.2, 0) is 0 Å². The van der Waals surface area contributed by atoms with Gasteiger partial charge < -0.3 is 5.32 Å². The molecular weight excluding hydrogens is 96.1 g/mol. The van der Waals surface area contributed by atoms with Crippen molar-refractivity contribution < 1.29 is 0 Å². The molecule has 6 heavy (non-hydrogen) atoms. The fourth-order valence-corrected chi connectivity index (χ4v) is 0.936. The van der Waals surface area contributed by atoms with E-state index in [0.717, 1.165) is 17.5 Å². The number of hydrogen-bond acceptors (Lipinski definition) is 3. The molecule has 1 rings (SSSR count). The van der Waals surface area contributed by atoms with Crippen LogP contribution in [0.5, 0.6) is 0 Å². The van der Waals surface area contributed by atoms with Crippen LogP contribution in [0.2, 0.25) is 0 Å². The molecule has 1 saturated heterocycles. The molecule has 1 aliphatic heterocycles. The van der Waals surface area contributed by atoms with Crippen molar-refractivity contribution in [2.24, 2.45) is 0 Å². The van der Waals surface area contributed by atoms with E-state index in [1.807, 2.05) is 0 Å². The van der Waals surface area contributed by atoms with Gasteiger partial charge in [-0.1, -0.05) is 11.8 Å². The molecule has 0 unspecified atom stereocenters. The molecule has 2 N–H and O–H groups in total. The number of rotatable bonds is 0. The largest absolute Gasteiger partial charge is 0.301 e. The highest BCUT2D eigenvalue weighted by Crippen LogP contribution is 2.03. The zero-order valence-electron chi connectivity index (χ0n) is 3.32. The lowest BCUT2D eigenvalue weighted by atomic mass is 10.7. The molecule has 0 amide bonds. The van der Waals surface area contributed by atoms with Gasteiger partial charge in [-0.15, -0.1) is 0 Å². The molecule has 0 bridgehead atoms. The van der Waals surface area contributed by atoms with Gasteiger partial charge in [0.1, 0.15) is 0 Å². The topological polar surface area (TPSA) is 35.9 Å². The van der Waals surface area contributed by atoms with Gasteiger partial charge in [-0.05, 0) is 0 Å². The van der Waals surface area contributed by atoms with Gasteiger partial charge in [0.2, 0.25) is 0 Å². The molecule has 2 nitrogen and oxygen atoms in total. The average molecular weight is 102 g/mol. The van der Waals surface area contributed by atoms with Crippen molar-refractivity contribution in [1.29, 1.82) is 5.41 Å². The van der Waals surface area contributed by atoms with Crippen molar-refractivity contribution in [3.8, 4) is 0 Å². The minimum atomic E-state index is 0.759. The first-order valence-electron chi connectivity index (χ1n) is 1.80. The maximum atomic E-state index is 6.95. The van der Waals surface area contributed by atoms with Gasteiger partial charge in [0.25, 0.3) is 0 Å². The summed E-state index contributed by atoms with van der Waals surface area (Å²) < 4.78 is 0. The molecule has 0 saturated carbocycles. The lowest BCUT2D eigenvalue weighted by Crippen LogP contribution is -2.07. The minimum absolute atomic E-state index is 0.759. The standard InChI is InChI=1S/C3H6N2S/c4-3-1-5-2-6-3/h4-5H,1-2H2. The summed E-state index contributed by atoms with van der Waals surface area (Å²) in [5.41, 5.74) is 0. The Bertz CT molecular complexity index is 63.2. The first-order chi connectivity index (χ1) is 2.89. The molecule has 1 fully saturated rings. The number of thioether (sulfide) groups is 1. The molecule has 3 heteroatoms. The van der Waals surface area contributed by atoms with Crippen LogP contribution in [0.25, 0.3) is 0 Å². The summed E-state index contributed by atoms with van der Waals surface area (Å²) in [5, 5.41) is 10.7. The number of nitrogens with one attached hydrogen (secondary N) is 2. The molecule has 0 spiro atoms. The Labute approximate surface area is 40.8 Å². The molecule has 1 aliphatic rings. The third kappa shape index (κ3) is 0.725. The maximum Gasteiger partial charge on any atom is 0.0792 e. The Morgan fingerprint density at radius 1 is 1.83 bits per heavy atom. The predicted molar refractivity (Wildman–Crippen MR) is 28.2 cm³/mol. The number of hydrogen-bond donors (Lipinski definition) is 2. The third-order valence-electron chi connectivity index (χ3n) is 0.634. The van der Waals surface area contributed by atoms with Crippen molar-refractivity contribution in [3.05, 3.63) is 0 Å². The third-order valence-corrected chi connectivity index (χ3v) is 1.48. The Kier molecular flexibility index (Phi) is 1.12. The summed E-state index contributed by atoms with van der Waals surface area (Å²) in [4.78, 5) is 0. The first-order valence-corrected chi connectivity index (χ1v) is 2.79. The second-order valence-corrected chi connectivity index (χ2v) is 2.21. The Hall–Kier alpha value is -0.0200. The fourth-order valence-electron chi connectivity index (χ4n) is 0.354. The van der Waals surface area contributed by atoms with E-state index >= 15 is 0 Å². The quantitative estimate of drug-likeness (QED) is 0.460. The smallest absolute Gasteiger partial charge is 0.0792 e. The van der Waals surface area contributed by atoms with E-state index in [1.54, 1.807) is 11.8 Å². The van der Waals surface area contributed by atoms with E-state index < -0.39 is 0 Å². The summed E-state index contributed by atoms with van der Waals surface area (Å²) in [7, 11) is 0. The lowest BCUT2D eigenvalue weighted by Gasteiger charge is -1.76. The summed E-state index contributed by atoms with van der Waals surface area (Å²) in [5.74, 6) is 0.929. The van der Waals surface area contributed by atoms with Crippen LogP contribution >= 0.6 is 11.8 Å². The molecule has 0 aromatic carbocycles. The zero-order valence-corrected chi connectivity index (χ0v) is 4.14. The molecular formula is C3H6N2S. The molecule has 34 valence electrons. The average Bonchev–Trinajstić information content (AvgIpc) is 1.86. The lowest BCUT2D eigenvalue weighted by molar-refractivity contribution is 0.942. The summed E-state index contributed by atoms with van der Waals surface area (Å²) >= 11 is 1.57. The van der Waals surface area contributed by atoms with Crippen molar-refractivity contribution >= 4 is 16.8 Å². The Morgan fingerprint density at radius 3 is 2.83 bits per heavy atom. The zero-order chi connectivity index (χ0) is 4.41. The van der Waals surface area contributed by atoms with Gasteiger partial charge in [0.15, 0.2) is 0 Å². The Balaban J connectivity index is 2.37. The molecule has 1 heterocycles. The summed E-state index contributed by atoms with van der Waals surface area (Å²) in [6, 6.07) is 0. The van der Waals surface area contributed by atoms with Crippen molar-refractivity contribution in [3.63, 3.8) is 0 Å². The second-order valence-electron chi connectivity index (χ2n) is 1.14. The highest BCUT2D eigenvalue weighted by molar-refractivity contribution is 8.14. The van der Waals surface area contributed by atoms with Gasteiger partial charge in [-0.3, -0.25) is 5.41 Å². The van der Waals surface area contributed by atoms with Gasteiger partial charge in [-0.25, -0.2) is 0 Å². The van der Waals surface area contributed by atoms with E-state index in [4.69, 9.17) is 5.41 Å². The molecule has 0 aromatic heterocycles. The van der Waals surface area contributed by atoms with Gasteiger partial charge >= 0.3 is 0 Å². The first kappa shape index (κ1) is 4.15. The monoisotopic (exact) mass is 102 g/mol. The minimum Gasteiger partial charge on any atom is -0.301 e.